The lowest BCUT2D eigenvalue weighted by Crippen LogP contribution is -2.00. The Morgan fingerprint density at radius 1 is 1.19 bits per heavy atom. The highest BCUT2D eigenvalue weighted by atomic mass is 79.9. The van der Waals surface area contributed by atoms with Crippen molar-refractivity contribution in [3.8, 4) is 5.75 Å². The first-order chi connectivity index (χ1) is 10.1. The van der Waals surface area contributed by atoms with Gasteiger partial charge < -0.3 is 10.4 Å². The minimum Gasteiger partial charge on any atom is -0.507 e. The topological polar surface area (TPSA) is 45.1 Å². The largest absolute Gasteiger partial charge is 0.507 e. The number of hydrogen-bond donors (Lipinski definition) is 2. The Labute approximate surface area is 135 Å². The van der Waals surface area contributed by atoms with Gasteiger partial charge in [0, 0.05) is 23.8 Å². The van der Waals surface area contributed by atoms with Gasteiger partial charge in [-0.25, -0.2) is 0 Å². The first kappa shape index (κ1) is 14.2. The lowest BCUT2D eigenvalue weighted by Gasteiger charge is -2.11. The molecule has 0 unspecified atom stereocenters. The first-order valence-electron chi connectivity index (χ1n) is 6.39. The molecule has 5 heteroatoms. The van der Waals surface area contributed by atoms with E-state index in [1.165, 1.54) is 0 Å². The second kappa shape index (κ2) is 5.92. The molecule has 106 valence electrons. The van der Waals surface area contributed by atoms with E-state index in [2.05, 4.69) is 26.2 Å². The maximum absolute atomic E-state index is 9.51. The zero-order chi connectivity index (χ0) is 14.8. The van der Waals surface area contributed by atoms with Gasteiger partial charge in [-0.15, -0.1) is 0 Å². The normalized spacial score (nSPS) is 10.8. The Kier molecular flexibility index (Phi) is 3.99. The van der Waals surface area contributed by atoms with Crippen molar-refractivity contribution in [1.29, 1.82) is 0 Å². The van der Waals surface area contributed by atoms with Gasteiger partial charge in [0.2, 0.25) is 0 Å². The minimum atomic E-state index is 0.236. The molecule has 1 aromatic heterocycles. The third-order valence-corrected chi connectivity index (χ3v) is 4.16. The van der Waals surface area contributed by atoms with Crippen molar-refractivity contribution in [1.82, 2.24) is 4.98 Å². The molecule has 0 spiro atoms. The standard InChI is InChI=1S/C16H12BrClN2O/c17-12-8-10(3-6-15(12)21)9-20-14-5-4-13(18)16-11(14)2-1-7-19-16/h1-8,20-21H,9H2. The molecule has 1 heterocycles. The first-order valence-corrected chi connectivity index (χ1v) is 7.57. The summed E-state index contributed by atoms with van der Waals surface area (Å²) in [5.41, 5.74) is 2.83. The lowest BCUT2D eigenvalue weighted by molar-refractivity contribution is 0.471. The van der Waals surface area contributed by atoms with Crippen molar-refractivity contribution in [2.75, 3.05) is 5.32 Å². The van der Waals surface area contributed by atoms with Crippen LogP contribution in [0.1, 0.15) is 5.56 Å². The molecule has 0 aliphatic rings. The van der Waals surface area contributed by atoms with Gasteiger partial charge in [-0.05, 0) is 57.9 Å². The van der Waals surface area contributed by atoms with Gasteiger partial charge in [0.1, 0.15) is 5.75 Å². The number of phenols is 1. The summed E-state index contributed by atoms with van der Waals surface area (Å²) in [5, 5.41) is 14.5. The summed E-state index contributed by atoms with van der Waals surface area (Å²) in [7, 11) is 0. The molecule has 3 nitrogen and oxygen atoms in total. The predicted octanol–water partition coefficient (Wildman–Crippen LogP) is 4.97. The van der Waals surface area contributed by atoms with Crippen LogP contribution in [0.25, 0.3) is 10.9 Å². The molecule has 2 aromatic carbocycles. The summed E-state index contributed by atoms with van der Waals surface area (Å²) in [6, 6.07) is 13.1. The molecule has 0 atom stereocenters. The predicted molar refractivity (Wildman–Crippen MR) is 89.9 cm³/mol. The number of phenolic OH excluding ortho intramolecular Hbond substituents is 1. The fourth-order valence-electron chi connectivity index (χ4n) is 2.15. The fourth-order valence-corrected chi connectivity index (χ4v) is 2.79. The highest BCUT2D eigenvalue weighted by molar-refractivity contribution is 9.10. The Morgan fingerprint density at radius 2 is 2.05 bits per heavy atom. The molecule has 3 aromatic rings. The number of nitrogens with zero attached hydrogens (tertiary/aromatic N) is 1. The zero-order valence-corrected chi connectivity index (χ0v) is 13.3. The smallest absolute Gasteiger partial charge is 0.129 e. The molecule has 0 aliphatic carbocycles. The maximum Gasteiger partial charge on any atom is 0.129 e. The van der Waals surface area contributed by atoms with Crippen molar-refractivity contribution in [3.05, 3.63) is 63.7 Å². The van der Waals surface area contributed by atoms with Crippen LogP contribution in [-0.2, 0) is 6.54 Å². The number of nitrogens with one attached hydrogen (secondary N) is 1. The van der Waals surface area contributed by atoms with Gasteiger partial charge in [0.15, 0.2) is 0 Å². The van der Waals surface area contributed by atoms with E-state index in [4.69, 9.17) is 11.6 Å². The SMILES string of the molecule is Oc1ccc(CNc2ccc(Cl)c3ncccc23)cc1Br. The van der Waals surface area contributed by atoms with E-state index < -0.39 is 0 Å². The van der Waals surface area contributed by atoms with Crippen LogP contribution in [0.3, 0.4) is 0 Å². The van der Waals surface area contributed by atoms with Crippen LogP contribution in [0.5, 0.6) is 5.75 Å². The Bertz CT molecular complexity index is 807. The molecule has 0 fully saturated rings. The van der Waals surface area contributed by atoms with E-state index in [0.717, 1.165) is 22.2 Å². The number of aromatic nitrogens is 1. The number of rotatable bonds is 3. The van der Waals surface area contributed by atoms with Crippen LogP contribution < -0.4 is 5.32 Å². The molecule has 3 rings (SSSR count). The molecule has 2 N–H and O–H groups in total. The van der Waals surface area contributed by atoms with Crippen molar-refractivity contribution >= 4 is 44.1 Å². The van der Waals surface area contributed by atoms with E-state index in [1.807, 2.05) is 36.4 Å². The Balaban J connectivity index is 1.88. The summed E-state index contributed by atoms with van der Waals surface area (Å²) >= 11 is 9.48. The van der Waals surface area contributed by atoms with Gasteiger partial charge in [0.05, 0.1) is 15.0 Å². The summed E-state index contributed by atoms with van der Waals surface area (Å²) in [6.45, 7) is 0.643. The van der Waals surface area contributed by atoms with Crippen LogP contribution in [0.4, 0.5) is 5.69 Å². The summed E-state index contributed by atoms with van der Waals surface area (Å²) in [6.07, 6.45) is 1.73. The quantitative estimate of drug-likeness (QED) is 0.690. The molecule has 0 saturated heterocycles. The molecule has 0 amide bonds. The molecular formula is C16H12BrClN2O. The van der Waals surface area contributed by atoms with E-state index in [-0.39, 0.29) is 5.75 Å². The molecule has 21 heavy (non-hydrogen) atoms. The second-order valence-electron chi connectivity index (χ2n) is 4.63. The number of aromatic hydroxyl groups is 1. The Morgan fingerprint density at radius 3 is 2.86 bits per heavy atom. The summed E-state index contributed by atoms with van der Waals surface area (Å²) in [5.74, 6) is 0.236. The number of fused-ring (bicyclic) bond motifs is 1. The monoisotopic (exact) mass is 362 g/mol. The number of hydrogen-bond acceptors (Lipinski definition) is 3. The number of anilines is 1. The zero-order valence-electron chi connectivity index (χ0n) is 11.0. The third-order valence-electron chi connectivity index (χ3n) is 3.22. The molecule has 0 saturated carbocycles. The van der Waals surface area contributed by atoms with Crippen molar-refractivity contribution in [2.45, 2.75) is 6.54 Å². The number of halogens is 2. The van der Waals surface area contributed by atoms with E-state index in [0.29, 0.717) is 16.0 Å². The summed E-state index contributed by atoms with van der Waals surface area (Å²) < 4.78 is 0.685. The highest BCUT2D eigenvalue weighted by Gasteiger charge is 2.06. The average Bonchev–Trinajstić information content (AvgIpc) is 2.50. The maximum atomic E-state index is 9.51. The van der Waals surface area contributed by atoms with E-state index in [1.54, 1.807) is 12.3 Å². The number of pyridine rings is 1. The third kappa shape index (κ3) is 2.96. The van der Waals surface area contributed by atoms with Gasteiger partial charge in [-0.3, -0.25) is 4.98 Å². The van der Waals surface area contributed by atoms with Crippen LogP contribution >= 0.6 is 27.5 Å². The molecule has 0 radical (unpaired) electrons. The lowest BCUT2D eigenvalue weighted by atomic mass is 10.1. The van der Waals surface area contributed by atoms with Crippen molar-refractivity contribution in [2.24, 2.45) is 0 Å². The highest BCUT2D eigenvalue weighted by Crippen LogP contribution is 2.29. The van der Waals surface area contributed by atoms with Crippen molar-refractivity contribution in [3.63, 3.8) is 0 Å². The van der Waals surface area contributed by atoms with Crippen LogP contribution in [-0.4, -0.2) is 10.1 Å². The van der Waals surface area contributed by atoms with E-state index >= 15 is 0 Å². The number of benzene rings is 2. The fraction of sp³-hybridized carbons (Fsp3) is 0.0625. The average molecular weight is 364 g/mol. The molecule has 0 bridgehead atoms. The minimum absolute atomic E-state index is 0.236. The van der Waals surface area contributed by atoms with Crippen LogP contribution in [0.15, 0.2) is 53.1 Å². The van der Waals surface area contributed by atoms with Gasteiger partial charge >= 0.3 is 0 Å². The van der Waals surface area contributed by atoms with Gasteiger partial charge in [0.25, 0.3) is 0 Å². The molecule has 0 aliphatic heterocycles. The second-order valence-corrected chi connectivity index (χ2v) is 5.90. The van der Waals surface area contributed by atoms with Gasteiger partial charge in [-0.1, -0.05) is 17.7 Å². The molecular weight excluding hydrogens is 352 g/mol. The van der Waals surface area contributed by atoms with E-state index in [9.17, 15) is 5.11 Å². The van der Waals surface area contributed by atoms with Gasteiger partial charge in [-0.2, -0.15) is 0 Å². The van der Waals surface area contributed by atoms with Crippen molar-refractivity contribution < 1.29 is 5.11 Å². The summed E-state index contributed by atoms with van der Waals surface area (Å²) in [4.78, 5) is 4.31. The van der Waals surface area contributed by atoms with Crippen LogP contribution in [0.2, 0.25) is 5.02 Å². The van der Waals surface area contributed by atoms with Crippen LogP contribution in [0, 0.1) is 0 Å². The Hall–Kier alpha value is -1.78.